The Morgan fingerprint density at radius 1 is 1.47 bits per heavy atom. The van der Waals surface area contributed by atoms with Crippen molar-refractivity contribution < 1.29 is 23.9 Å². The van der Waals surface area contributed by atoms with Gasteiger partial charge in [-0.25, -0.2) is 0 Å². The highest BCUT2D eigenvalue weighted by molar-refractivity contribution is 6.42. The van der Waals surface area contributed by atoms with E-state index in [4.69, 9.17) is 4.74 Å². The Kier molecular flexibility index (Phi) is 3.79. The number of ketones is 1. The van der Waals surface area contributed by atoms with Crippen LogP contribution in [-0.4, -0.2) is 56.5 Å². The van der Waals surface area contributed by atoms with E-state index in [1.807, 2.05) is 0 Å². The van der Waals surface area contributed by atoms with E-state index in [1.54, 1.807) is 0 Å². The first-order valence-electron chi connectivity index (χ1n) is 4.51. The fraction of sp³-hybridized carbons (Fsp3) is 0.667. The molecule has 0 aromatic rings. The van der Waals surface area contributed by atoms with Gasteiger partial charge in [-0.2, -0.15) is 0 Å². The standard InChI is InChI=1S/C9H13NO5/c1-14-4-3-10-5-6(9(13)15-2)7(11)8(10)12/h6H,3-5H2,1-2H3. The smallest absolute Gasteiger partial charge is 0.318 e. The van der Waals surface area contributed by atoms with Crippen LogP contribution < -0.4 is 0 Å². The van der Waals surface area contributed by atoms with Crippen molar-refractivity contribution in [2.24, 2.45) is 5.92 Å². The molecule has 1 aliphatic heterocycles. The summed E-state index contributed by atoms with van der Waals surface area (Å²) in [6.07, 6.45) is 0. The third-order valence-electron chi connectivity index (χ3n) is 2.27. The molecule has 15 heavy (non-hydrogen) atoms. The summed E-state index contributed by atoms with van der Waals surface area (Å²) in [4.78, 5) is 35.1. The average molecular weight is 215 g/mol. The van der Waals surface area contributed by atoms with E-state index in [2.05, 4.69) is 4.74 Å². The third kappa shape index (κ3) is 2.33. The highest BCUT2D eigenvalue weighted by Crippen LogP contribution is 2.15. The number of amides is 1. The number of nitrogens with zero attached hydrogens (tertiary/aromatic N) is 1. The first-order valence-corrected chi connectivity index (χ1v) is 4.51. The van der Waals surface area contributed by atoms with Crippen LogP contribution in [-0.2, 0) is 23.9 Å². The van der Waals surface area contributed by atoms with Crippen molar-refractivity contribution >= 4 is 17.7 Å². The topological polar surface area (TPSA) is 72.9 Å². The summed E-state index contributed by atoms with van der Waals surface area (Å²) in [6.45, 7) is 0.745. The van der Waals surface area contributed by atoms with Gasteiger partial charge < -0.3 is 14.4 Å². The van der Waals surface area contributed by atoms with Crippen LogP contribution in [0.3, 0.4) is 0 Å². The first-order chi connectivity index (χ1) is 7.11. The van der Waals surface area contributed by atoms with Crippen molar-refractivity contribution in [2.45, 2.75) is 0 Å². The SMILES string of the molecule is COCCN1CC(C(=O)OC)C(=O)C1=O. The summed E-state index contributed by atoms with van der Waals surface area (Å²) in [5, 5.41) is 0. The van der Waals surface area contributed by atoms with Crippen LogP contribution in [0.4, 0.5) is 0 Å². The predicted molar refractivity (Wildman–Crippen MR) is 49.0 cm³/mol. The van der Waals surface area contributed by atoms with Gasteiger partial charge in [0, 0.05) is 20.2 Å². The molecule has 6 nitrogen and oxygen atoms in total. The van der Waals surface area contributed by atoms with E-state index >= 15 is 0 Å². The van der Waals surface area contributed by atoms with Gasteiger partial charge >= 0.3 is 5.97 Å². The lowest BCUT2D eigenvalue weighted by Gasteiger charge is -2.13. The number of hydrogen-bond acceptors (Lipinski definition) is 5. The number of methoxy groups -OCH3 is 2. The maximum atomic E-state index is 11.4. The Bertz CT molecular complexity index is 288. The number of ether oxygens (including phenoxy) is 2. The molecular formula is C9H13NO5. The van der Waals surface area contributed by atoms with Gasteiger partial charge in [-0.15, -0.1) is 0 Å². The Labute approximate surface area is 87.1 Å². The molecule has 0 aromatic heterocycles. The summed E-state index contributed by atoms with van der Waals surface area (Å²) in [5.74, 6) is -2.96. The molecule has 1 atom stereocenters. The Balaban J connectivity index is 2.63. The molecule has 84 valence electrons. The molecule has 1 unspecified atom stereocenters. The normalized spacial score (nSPS) is 20.9. The van der Waals surface area contributed by atoms with E-state index in [9.17, 15) is 14.4 Å². The summed E-state index contributed by atoms with van der Waals surface area (Å²) >= 11 is 0. The quantitative estimate of drug-likeness (QED) is 0.336. The highest BCUT2D eigenvalue weighted by atomic mass is 16.5. The second kappa shape index (κ2) is 4.88. The van der Waals surface area contributed by atoms with Crippen LogP contribution in [0.15, 0.2) is 0 Å². The van der Waals surface area contributed by atoms with Crippen molar-refractivity contribution in [2.75, 3.05) is 33.9 Å². The van der Waals surface area contributed by atoms with Crippen molar-refractivity contribution in [3.8, 4) is 0 Å². The van der Waals surface area contributed by atoms with Crippen LogP contribution >= 0.6 is 0 Å². The molecule has 1 amide bonds. The maximum Gasteiger partial charge on any atom is 0.318 e. The molecule has 1 aliphatic rings. The lowest BCUT2D eigenvalue weighted by molar-refractivity contribution is -0.150. The molecule has 1 saturated heterocycles. The molecule has 0 aromatic carbocycles. The zero-order valence-corrected chi connectivity index (χ0v) is 8.69. The van der Waals surface area contributed by atoms with Gasteiger partial charge in [0.05, 0.1) is 13.7 Å². The van der Waals surface area contributed by atoms with Crippen molar-refractivity contribution in [3.05, 3.63) is 0 Å². The Morgan fingerprint density at radius 2 is 2.13 bits per heavy atom. The van der Waals surface area contributed by atoms with Crippen LogP contribution in [0.1, 0.15) is 0 Å². The van der Waals surface area contributed by atoms with Crippen LogP contribution in [0.5, 0.6) is 0 Å². The largest absolute Gasteiger partial charge is 0.468 e. The third-order valence-corrected chi connectivity index (χ3v) is 2.27. The van der Waals surface area contributed by atoms with Gasteiger partial charge in [0.1, 0.15) is 5.92 Å². The lowest BCUT2D eigenvalue weighted by Crippen LogP contribution is -2.30. The van der Waals surface area contributed by atoms with E-state index in [-0.39, 0.29) is 6.54 Å². The van der Waals surface area contributed by atoms with E-state index in [0.717, 1.165) is 0 Å². The minimum Gasteiger partial charge on any atom is -0.468 e. The molecule has 0 bridgehead atoms. The summed E-state index contributed by atoms with van der Waals surface area (Å²) < 4.78 is 9.22. The zero-order valence-electron chi connectivity index (χ0n) is 8.69. The van der Waals surface area contributed by atoms with Gasteiger partial charge in [0.15, 0.2) is 0 Å². The zero-order chi connectivity index (χ0) is 11.4. The van der Waals surface area contributed by atoms with Crippen LogP contribution in [0.25, 0.3) is 0 Å². The predicted octanol–water partition coefficient (Wildman–Crippen LogP) is -1.17. The van der Waals surface area contributed by atoms with Gasteiger partial charge in [-0.1, -0.05) is 0 Å². The minimum absolute atomic E-state index is 0.0910. The fourth-order valence-corrected chi connectivity index (χ4v) is 1.41. The molecule has 0 saturated carbocycles. The molecular weight excluding hydrogens is 202 g/mol. The second-order valence-electron chi connectivity index (χ2n) is 3.18. The second-order valence-corrected chi connectivity index (χ2v) is 3.18. The van der Waals surface area contributed by atoms with Gasteiger partial charge in [-0.3, -0.25) is 14.4 Å². The molecule has 1 heterocycles. The number of Topliss-reactive ketones (excluding diaryl/α,β-unsaturated/α-hetero) is 1. The van der Waals surface area contributed by atoms with E-state index < -0.39 is 23.6 Å². The number of likely N-dealkylation sites (tertiary alicyclic amines) is 1. The molecule has 0 radical (unpaired) electrons. The van der Waals surface area contributed by atoms with Gasteiger partial charge in [0.2, 0.25) is 5.78 Å². The molecule has 0 spiro atoms. The van der Waals surface area contributed by atoms with Crippen LogP contribution in [0, 0.1) is 5.92 Å². The van der Waals surface area contributed by atoms with Crippen molar-refractivity contribution in [1.29, 1.82) is 0 Å². The molecule has 6 heteroatoms. The van der Waals surface area contributed by atoms with Crippen molar-refractivity contribution in [1.82, 2.24) is 4.90 Å². The molecule has 1 fully saturated rings. The maximum absolute atomic E-state index is 11.4. The monoisotopic (exact) mass is 215 g/mol. The summed E-state index contributed by atoms with van der Waals surface area (Å²) in [6, 6.07) is 0. The minimum atomic E-state index is -0.973. The van der Waals surface area contributed by atoms with E-state index in [0.29, 0.717) is 13.2 Å². The molecule has 0 aliphatic carbocycles. The summed E-state index contributed by atoms with van der Waals surface area (Å²) in [5.41, 5.74) is 0. The van der Waals surface area contributed by atoms with Gasteiger partial charge in [-0.05, 0) is 0 Å². The number of carbonyl (C=O) groups excluding carboxylic acids is 3. The Hall–Kier alpha value is -1.43. The fourth-order valence-electron chi connectivity index (χ4n) is 1.41. The number of esters is 1. The van der Waals surface area contributed by atoms with Crippen molar-refractivity contribution in [3.63, 3.8) is 0 Å². The number of rotatable bonds is 4. The van der Waals surface area contributed by atoms with Gasteiger partial charge in [0.25, 0.3) is 5.91 Å². The highest BCUT2D eigenvalue weighted by Gasteiger charge is 2.43. The Morgan fingerprint density at radius 3 is 2.67 bits per heavy atom. The summed E-state index contributed by atoms with van der Waals surface area (Å²) in [7, 11) is 2.69. The molecule has 1 rings (SSSR count). The number of hydrogen-bond donors (Lipinski definition) is 0. The molecule has 0 N–H and O–H groups in total. The van der Waals surface area contributed by atoms with Crippen LogP contribution in [0.2, 0.25) is 0 Å². The average Bonchev–Trinajstić information content (AvgIpc) is 2.53. The number of carbonyl (C=O) groups is 3. The first kappa shape index (κ1) is 11.6. The lowest BCUT2D eigenvalue weighted by atomic mass is 10.1. The van der Waals surface area contributed by atoms with E-state index in [1.165, 1.54) is 19.1 Å².